The Morgan fingerprint density at radius 3 is 2.67 bits per heavy atom. The Kier molecular flexibility index (Phi) is 8.73. The Balaban J connectivity index is 1.41. The SMILES string of the molecule is CCN1CCN(CCCNc2ncnc3c2COC=C3C(=O)Nc2c(Cl)c(O)cc(OC)c2Cl)CC1. The predicted molar refractivity (Wildman–Crippen MR) is 140 cm³/mol. The van der Waals surface area contributed by atoms with Crippen LogP contribution in [0.1, 0.15) is 24.6 Å². The summed E-state index contributed by atoms with van der Waals surface area (Å²) < 4.78 is 10.7. The van der Waals surface area contributed by atoms with E-state index < -0.39 is 5.91 Å². The number of ether oxygens (including phenoxy) is 2. The van der Waals surface area contributed by atoms with E-state index in [9.17, 15) is 9.90 Å². The first-order valence-corrected chi connectivity index (χ1v) is 12.6. The molecule has 0 saturated carbocycles. The van der Waals surface area contributed by atoms with Crippen molar-refractivity contribution in [2.24, 2.45) is 0 Å². The van der Waals surface area contributed by atoms with E-state index in [0.717, 1.165) is 52.2 Å². The van der Waals surface area contributed by atoms with Crippen LogP contribution < -0.4 is 15.4 Å². The third kappa shape index (κ3) is 5.78. The number of hydrogen-bond donors (Lipinski definition) is 3. The van der Waals surface area contributed by atoms with Gasteiger partial charge in [-0.1, -0.05) is 30.1 Å². The van der Waals surface area contributed by atoms with Gasteiger partial charge in [-0.15, -0.1) is 0 Å². The normalized spacial score (nSPS) is 16.1. The van der Waals surface area contributed by atoms with Crippen molar-refractivity contribution in [1.82, 2.24) is 19.8 Å². The monoisotopic (exact) mass is 536 g/mol. The maximum atomic E-state index is 13.1. The molecule has 36 heavy (non-hydrogen) atoms. The predicted octanol–water partition coefficient (Wildman–Crippen LogP) is 3.45. The van der Waals surface area contributed by atoms with Gasteiger partial charge in [0.1, 0.15) is 45.9 Å². The molecule has 0 bridgehead atoms. The topological polar surface area (TPSA) is 112 Å². The minimum atomic E-state index is -0.553. The van der Waals surface area contributed by atoms with Crippen LogP contribution in [0.5, 0.6) is 11.5 Å². The van der Waals surface area contributed by atoms with Gasteiger partial charge in [0, 0.05) is 38.8 Å². The van der Waals surface area contributed by atoms with E-state index in [0.29, 0.717) is 17.1 Å². The van der Waals surface area contributed by atoms with E-state index in [2.05, 4.69) is 37.3 Å². The highest BCUT2D eigenvalue weighted by molar-refractivity contribution is 6.42. The highest BCUT2D eigenvalue weighted by Gasteiger charge is 2.27. The van der Waals surface area contributed by atoms with Gasteiger partial charge in [-0.3, -0.25) is 4.79 Å². The molecule has 4 rings (SSSR count). The molecule has 1 amide bonds. The third-order valence-electron chi connectivity index (χ3n) is 6.34. The summed E-state index contributed by atoms with van der Waals surface area (Å²) in [5.74, 6) is -0.0275. The van der Waals surface area contributed by atoms with Crippen molar-refractivity contribution in [2.75, 3.05) is 63.6 Å². The highest BCUT2D eigenvalue weighted by atomic mass is 35.5. The average molecular weight is 537 g/mol. The molecular weight excluding hydrogens is 507 g/mol. The molecule has 12 heteroatoms. The van der Waals surface area contributed by atoms with Crippen LogP contribution in [0.2, 0.25) is 10.0 Å². The molecular formula is C24H30Cl2N6O4. The fraction of sp³-hybridized carbons (Fsp3) is 0.458. The van der Waals surface area contributed by atoms with Crippen molar-refractivity contribution in [2.45, 2.75) is 20.0 Å². The number of aromatic hydroxyl groups is 1. The van der Waals surface area contributed by atoms with Crippen LogP contribution in [-0.4, -0.2) is 83.7 Å². The summed E-state index contributed by atoms with van der Waals surface area (Å²) in [6.45, 7) is 9.69. The molecule has 1 aromatic carbocycles. The number of benzene rings is 1. The summed E-state index contributed by atoms with van der Waals surface area (Å²) in [6, 6.07) is 1.27. The summed E-state index contributed by atoms with van der Waals surface area (Å²) in [5, 5.41) is 16.0. The first-order valence-electron chi connectivity index (χ1n) is 11.8. The summed E-state index contributed by atoms with van der Waals surface area (Å²) >= 11 is 12.5. The van der Waals surface area contributed by atoms with Gasteiger partial charge in [0.2, 0.25) is 0 Å². The molecule has 0 unspecified atom stereocenters. The van der Waals surface area contributed by atoms with Crippen LogP contribution >= 0.6 is 23.2 Å². The van der Waals surface area contributed by atoms with Crippen LogP contribution in [0.25, 0.3) is 5.57 Å². The van der Waals surface area contributed by atoms with Gasteiger partial charge >= 0.3 is 0 Å². The molecule has 10 nitrogen and oxygen atoms in total. The van der Waals surface area contributed by atoms with E-state index in [4.69, 9.17) is 32.7 Å². The molecule has 2 aliphatic heterocycles. The summed E-state index contributed by atoms with van der Waals surface area (Å²) in [4.78, 5) is 26.8. The van der Waals surface area contributed by atoms with Crippen molar-refractivity contribution in [3.63, 3.8) is 0 Å². The number of carbonyl (C=O) groups excluding carboxylic acids is 1. The molecule has 1 aromatic heterocycles. The molecule has 3 heterocycles. The van der Waals surface area contributed by atoms with Crippen molar-refractivity contribution in [3.8, 4) is 11.5 Å². The number of carbonyl (C=O) groups is 1. The quantitative estimate of drug-likeness (QED) is 0.414. The van der Waals surface area contributed by atoms with E-state index in [1.807, 2.05) is 0 Å². The second kappa shape index (κ2) is 12.0. The molecule has 1 saturated heterocycles. The first kappa shape index (κ1) is 26.3. The number of rotatable bonds is 9. The fourth-order valence-electron chi connectivity index (χ4n) is 4.23. The van der Waals surface area contributed by atoms with Crippen LogP contribution in [0.15, 0.2) is 18.7 Å². The maximum absolute atomic E-state index is 13.1. The number of piperazine rings is 1. The Bertz CT molecular complexity index is 1140. The average Bonchev–Trinajstić information content (AvgIpc) is 2.91. The standard InChI is InChI=1S/C24H30Cl2N6O4/c1-3-31-7-9-32(10-8-31)6-4-5-27-23-15-12-36-13-16(21(15)28-14-29-23)24(34)30-22-19(25)17(33)11-18(35-2)20(22)26/h11,13-14,33H,3-10,12H2,1-2H3,(H,30,34)(H,27,28,29). The number of amides is 1. The number of halogens is 2. The number of phenols is 1. The van der Waals surface area contributed by atoms with E-state index in [-0.39, 0.29) is 39.4 Å². The lowest BCUT2D eigenvalue weighted by atomic mass is 10.1. The number of anilines is 2. The second-order valence-corrected chi connectivity index (χ2v) is 9.26. The van der Waals surface area contributed by atoms with Crippen LogP contribution in [0.3, 0.4) is 0 Å². The molecule has 0 aliphatic carbocycles. The largest absolute Gasteiger partial charge is 0.506 e. The van der Waals surface area contributed by atoms with Crippen LogP contribution in [0.4, 0.5) is 11.5 Å². The number of nitrogens with one attached hydrogen (secondary N) is 2. The Morgan fingerprint density at radius 1 is 1.19 bits per heavy atom. The van der Waals surface area contributed by atoms with Gasteiger partial charge < -0.3 is 35.0 Å². The fourth-order valence-corrected chi connectivity index (χ4v) is 4.75. The second-order valence-electron chi connectivity index (χ2n) is 8.50. The Morgan fingerprint density at radius 2 is 1.94 bits per heavy atom. The van der Waals surface area contributed by atoms with Gasteiger partial charge in [-0.25, -0.2) is 9.97 Å². The van der Waals surface area contributed by atoms with Gasteiger partial charge in [0.25, 0.3) is 5.91 Å². The summed E-state index contributed by atoms with van der Waals surface area (Å²) in [5.41, 5.74) is 1.35. The maximum Gasteiger partial charge on any atom is 0.261 e. The van der Waals surface area contributed by atoms with Crippen LogP contribution in [-0.2, 0) is 16.1 Å². The number of nitrogens with zero attached hydrogens (tertiary/aromatic N) is 4. The van der Waals surface area contributed by atoms with Crippen molar-refractivity contribution in [3.05, 3.63) is 40.0 Å². The number of methoxy groups -OCH3 is 1. The molecule has 2 aliphatic rings. The van der Waals surface area contributed by atoms with Gasteiger partial charge in [-0.05, 0) is 19.5 Å². The van der Waals surface area contributed by atoms with Crippen LogP contribution in [0, 0.1) is 0 Å². The summed E-state index contributed by atoms with van der Waals surface area (Å²) in [7, 11) is 1.39. The lowest BCUT2D eigenvalue weighted by Gasteiger charge is -2.34. The highest BCUT2D eigenvalue weighted by Crippen LogP contribution is 2.44. The van der Waals surface area contributed by atoms with Gasteiger partial charge in [0.05, 0.1) is 30.3 Å². The lowest BCUT2D eigenvalue weighted by molar-refractivity contribution is -0.111. The molecule has 0 radical (unpaired) electrons. The Hall–Kier alpha value is -2.79. The van der Waals surface area contributed by atoms with Gasteiger partial charge in [-0.2, -0.15) is 0 Å². The number of likely N-dealkylation sites (N-methyl/N-ethyl adjacent to an activating group) is 1. The van der Waals surface area contributed by atoms with E-state index >= 15 is 0 Å². The van der Waals surface area contributed by atoms with Crippen molar-refractivity contribution >= 4 is 46.2 Å². The smallest absolute Gasteiger partial charge is 0.261 e. The molecule has 0 spiro atoms. The van der Waals surface area contributed by atoms with E-state index in [1.165, 1.54) is 25.8 Å². The zero-order valence-corrected chi connectivity index (χ0v) is 21.8. The zero-order valence-electron chi connectivity index (χ0n) is 20.3. The minimum Gasteiger partial charge on any atom is -0.506 e. The third-order valence-corrected chi connectivity index (χ3v) is 7.09. The number of fused-ring (bicyclic) bond motifs is 1. The molecule has 0 atom stereocenters. The number of aromatic nitrogens is 2. The number of hydrogen-bond acceptors (Lipinski definition) is 9. The van der Waals surface area contributed by atoms with Crippen molar-refractivity contribution < 1.29 is 19.4 Å². The molecule has 3 N–H and O–H groups in total. The van der Waals surface area contributed by atoms with Crippen molar-refractivity contribution in [1.29, 1.82) is 0 Å². The molecule has 2 aromatic rings. The lowest BCUT2D eigenvalue weighted by Crippen LogP contribution is -2.46. The first-order chi connectivity index (χ1) is 17.4. The zero-order chi connectivity index (χ0) is 25.7. The van der Waals surface area contributed by atoms with Gasteiger partial charge in [0.15, 0.2) is 0 Å². The molecule has 1 fully saturated rings. The summed E-state index contributed by atoms with van der Waals surface area (Å²) in [6.07, 6.45) is 3.71. The Labute approximate surface area is 220 Å². The van der Waals surface area contributed by atoms with E-state index in [1.54, 1.807) is 0 Å². The molecule has 194 valence electrons. The minimum absolute atomic E-state index is 0.0281. The number of phenolic OH excluding ortho intramolecular Hbond substituents is 1.